The van der Waals surface area contributed by atoms with Gasteiger partial charge < -0.3 is 24.2 Å². The summed E-state index contributed by atoms with van der Waals surface area (Å²) in [6.07, 6.45) is 3.82. The van der Waals surface area contributed by atoms with Gasteiger partial charge in [-0.2, -0.15) is 0 Å². The largest absolute Gasteiger partial charge is 0.493 e. The molecule has 0 aliphatic carbocycles. The Morgan fingerprint density at radius 2 is 1.86 bits per heavy atom. The lowest BCUT2D eigenvalue weighted by Gasteiger charge is -2.37. The molecule has 1 fully saturated rings. The molecule has 154 valence electrons. The van der Waals surface area contributed by atoms with E-state index in [1.54, 1.807) is 19.1 Å². The molecule has 0 radical (unpaired) electrons. The summed E-state index contributed by atoms with van der Waals surface area (Å²) < 4.78 is 16.1. The van der Waals surface area contributed by atoms with E-state index in [9.17, 15) is 14.7 Å². The van der Waals surface area contributed by atoms with Crippen LogP contribution in [0.2, 0.25) is 0 Å². The number of amides is 1. The van der Waals surface area contributed by atoms with Gasteiger partial charge >= 0.3 is 5.97 Å². The zero-order valence-corrected chi connectivity index (χ0v) is 16.6. The topological polar surface area (TPSA) is 85.3 Å². The lowest BCUT2D eigenvalue weighted by atomic mass is 9.89. The predicted molar refractivity (Wildman–Crippen MR) is 103 cm³/mol. The first-order valence-electron chi connectivity index (χ1n) is 9.87. The van der Waals surface area contributed by atoms with Crippen LogP contribution in [0.3, 0.4) is 0 Å². The summed E-state index contributed by atoms with van der Waals surface area (Å²) in [5.74, 6) is 0.785. The van der Waals surface area contributed by atoms with Crippen molar-refractivity contribution in [1.82, 2.24) is 4.90 Å². The van der Waals surface area contributed by atoms with Crippen molar-refractivity contribution in [2.75, 3.05) is 34.0 Å². The number of rotatable bonds is 7. The number of ether oxygens (including phenoxy) is 3. The lowest BCUT2D eigenvalue weighted by Crippen LogP contribution is -2.41. The average Bonchev–Trinajstić information content (AvgIpc) is 2.71. The molecular formula is C21H29NO6. The summed E-state index contributed by atoms with van der Waals surface area (Å²) in [5.41, 5.74) is 1.85. The fourth-order valence-electron chi connectivity index (χ4n) is 4.22. The number of benzene rings is 1. The van der Waals surface area contributed by atoms with E-state index in [4.69, 9.17) is 14.2 Å². The van der Waals surface area contributed by atoms with Gasteiger partial charge in [-0.25, -0.2) is 0 Å². The van der Waals surface area contributed by atoms with Gasteiger partial charge in [-0.15, -0.1) is 0 Å². The highest BCUT2D eigenvalue weighted by molar-refractivity contribution is 5.78. The predicted octanol–water partition coefficient (Wildman–Crippen LogP) is 2.81. The molecule has 2 heterocycles. The number of carbonyl (C=O) groups excluding carboxylic acids is 1. The Hall–Kier alpha value is -2.28. The van der Waals surface area contributed by atoms with Crippen LogP contribution < -0.4 is 9.47 Å². The molecule has 1 unspecified atom stereocenters. The SMILES string of the molecule is COc1cc2c(cc1OC)C(CC(=O)O)N(C(=O)CCC1CCOCC1)CC2. The molecule has 1 N–H and O–H groups in total. The molecule has 0 aromatic heterocycles. The zero-order chi connectivity index (χ0) is 20.1. The molecule has 2 aliphatic rings. The number of carboxylic acid groups (broad SMARTS) is 1. The van der Waals surface area contributed by atoms with E-state index in [-0.39, 0.29) is 12.3 Å². The van der Waals surface area contributed by atoms with Crippen LogP contribution in [-0.4, -0.2) is 55.9 Å². The molecule has 1 aromatic carbocycles. The van der Waals surface area contributed by atoms with Crippen molar-refractivity contribution in [3.8, 4) is 11.5 Å². The number of hydrogen-bond acceptors (Lipinski definition) is 5. The van der Waals surface area contributed by atoms with Crippen LogP contribution in [-0.2, 0) is 20.7 Å². The Morgan fingerprint density at radius 3 is 2.50 bits per heavy atom. The third-order valence-corrected chi connectivity index (χ3v) is 5.80. The maximum atomic E-state index is 13.0. The molecule has 7 heteroatoms. The van der Waals surface area contributed by atoms with Crippen molar-refractivity contribution < 1.29 is 28.9 Å². The van der Waals surface area contributed by atoms with Crippen LogP contribution in [0.5, 0.6) is 11.5 Å². The minimum atomic E-state index is -0.921. The summed E-state index contributed by atoms with van der Waals surface area (Å²) in [7, 11) is 3.13. The van der Waals surface area contributed by atoms with Crippen LogP contribution in [0, 0.1) is 5.92 Å². The van der Waals surface area contributed by atoms with E-state index < -0.39 is 12.0 Å². The van der Waals surface area contributed by atoms with Gasteiger partial charge in [0.2, 0.25) is 5.91 Å². The van der Waals surface area contributed by atoms with Crippen LogP contribution in [0.25, 0.3) is 0 Å². The highest BCUT2D eigenvalue weighted by atomic mass is 16.5. The van der Waals surface area contributed by atoms with Gasteiger partial charge in [0.15, 0.2) is 11.5 Å². The summed E-state index contributed by atoms with van der Waals surface area (Å²) in [5, 5.41) is 9.44. The van der Waals surface area contributed by atoms with E-state index in [0.717, 1.165) is 43.6 Å². The number of fused-ring (bicyclic) bond motifs is 1. The summed E-state index contributed by atoms with van der Waals surface area (Å²) in [6.45, 7) is 2.05. The van der Waals surface area contributed by atoms with E-state index >= 15 is 0 Å². The van der Waals surface area contributed by atoms with Crippen molar-refractivity contribution in [3.05, 3.63) is 23.3 Å². The maximum Gasteiger partial charge on any atom is 0.305 e. The quantitative estimate of drug-likeness (QED) is 0.769. The second-order valence-corrected chi connectivity index (χ2v) is 7.45. The van der Waals surface area contributed by atoms with E-state index in [2.05, 4.69) is 0 Å². The van der Waals surface area contributed by atoms with Crippen molar-refractivity contribution >= 4 is 11.9 Å². The molecule has 3 rings (SSSR count). The number of aliphatic carboxylic acids is 1. The Labute approximate surface area is 165 Å². The second kappa shape index (κ2) is 9.28. The molecule has 0 spiro atoms. The van der Waals surface area contributed by atoms with Crippen LogP contribution in [0.15, 0.2) is 12.1 Å². The number of hydrogen-bond donors (Lipinski definition) is 1. The molecule has 2 aliphatic heterocycles. The molecule has 7 nitrogen and oxygen atoms in total. The van der Waals surface area contributed by atoms with Gasteiger partial charge in [0.25, 0.3) is 0 Å². The number of nitrogens with zero attached hydrogens (tertiary/aromatic N) is 1. The number of carbonyl (C=O) groups is 2. The maximum absolute atomic E-state index is 13.0. The minimum Gasteiger partial charge on any atom is -0.493 e. The Balaban J connectivity index is 1.79. The van der Waals surface area contributed by atoms with E-state index in [1.165, 1.54) is 0 Å². The summed E-state index contributed by atoms with van der Waals surface area (Å²) >= 11 is 0. The molecule has 1 saturated heterocycles. The van der Waals surface area contributed by atoms with Crippen molar-refractivity contribution in [3.63, 3.8) is 0 Å². The van der Waals surface area contributed by atoms with Gasteiger partial charge in [0, 0.05) is 26.2 Å². The van der Waals surface area contributed by atoms with Gasteiger partial charge in [0.1, 0.15) is 0 Å². The summed E-state index contributed by atoms with van der Waals surface area (Å²) in [4.78, 5) is 26.2. The molecule has 1 aromatic rings. The van der Waals surface area contributed by atoms with Crippen molar-refractivity contribution in [2.45, 2.75) is 44.6 Å². The average molecular weight is 391 g/mol. The van der Waals surface area contributed by atoms with Crippen LogP contribution in [0.1, 0.15) is 49.3 Å². The first kappa shape index (κ1) is 20.5. The first-order chi connectivity index (χ1) is 13.5. The fraction of sp³-hybridized carbons (Fsp3) is 0.619. The molecular weight excluding hydrogens is 362 g/mol. The number of methoxy groups -OCH3 is 2. The minimum absolute atomic E-state index is 0.0261. The van der Waals surface area contributed by atoms with E-state index in [1.807, 2.05) is 12.1 Å². The van der Waals surface area contributed by atoms with E-state index in [0.29, 0.717) is 36.8 Å². The van der Waals surface area contributed by atoms with Gasteiger partial charge in [0.05, 0.1) is 26.7 Å². The first-order valence-corrected chi connectivity index (χ1v) is 9.87. The molecule has 0 bridgehead atoms. The van der Waals surface area contributed by atoms with Gasteiger partial charge in [-0.05, 0) is 54.9 Å². The lowest BCUT2D eigenvalue weighted by molar-refractivity contribution is -0.141. The molecule has 0 saturated carbocycles. The monoisotopic (exact) mass is 391 g/mol. The summed E-state index contributed by atoms with van der Waals surface area (Å²) in [6, 6.07) is 3.23. The Bertz CT molecular complexity index is 713. The zero-order valence-electron chi connectivity index (χ0n) is 16.6. The van der Waals surface area contributed by atoms with Gasteiger partial charge in [-0.1, -0.05) is 0 Å². The highest BCUT2D eigenvalue weighted by Gasteiger charge is 2.33. The normalized spacial score (nSPS) is 19.8. The fourth-order valence-corrected chi connectivity index (χ4v) is 4.22. The Kier molecular flexibility index (Phi) is 6.78. The van der Waals surface area contributed by atoms with Crippen LogP contribution >= 0.6 is 0 Å². The third kappa shape index (κ3) is 4.58. The second-order valence-electron chi connectivity index (χ2n) is 7.45. The molecule has 1 amide bonds. The standard InChI is InChI=1S/C21H29NO6/c1-26-18-11-15-5-8-22(20(23)4-3-14-6-9-28-10-7-14)17(13-21(24)25)16(15)12-19(18)27-2/h11-12,14,17H,3-10,13H2,1-2H3,(H,24,25). The van der Waals surface area contributed by atoms with Crippen molar-refractivity contribution in [2.24, 2.45) is 5.92 Å². The molecule has 28 heavy (non-hydrogen) atoms. The Morgan fingerprint density at radius 1 is 1.18 bits per heavy atom. The smallest absolute Gasteiger partial charge is 0.305 e. The molecule has 1 atom stereocenters. The van der Waals surface area contributed by atoms with Crippen molar-refractivity contribution in [1.29, 1.82) is 0 Å². The number of carboxylic acids is 1. The van der Waals surface area contributed by atoms with Gasteiger partial charge in [-0.3, -0.25) is 9.59 Å². The van der Waals surface area contributed by atoms with Crippen LogP contribution in [0.4, 0.5) is 0 Å². The third-order valence-electron chi connectivity index (χ3n) is 5.80. The highest BCUT2D eigenvalue weighted by Crippen LogP contribution is 2.40.